The van der Waals surface area contributed by atoms with Gasteiger partial charge in [0.15, 0.2) is 0 Å². The second-order valence-electron chi connectivity index (χ2n) is 7.19. The number of hydrogen-bond acceptors (Lipinski definition) is 5. The second kappa shape index (κ2) is 7.72. The first-order valence-electron chi connectivity index (χ1n) is 9.82. The van der Waals surface area contributed by atoms with Crippen molar-refractivity contribution in [2.45, 2.75) is 13.0 Å². The lowest BCUT2D eigenvalue weighted by atomic mass is 10.1. The highest BCUT2D eigenvalue weighted by Crippen LogP contribution is 2.27. The van der Waals surface area contributed by atoms with Crippen molar-refractivity contribution in [1.82, 2.24) is 0 Å². The molecule has 0 aliphatic carbocycles. The number of allylic oxidation sites excluding steroid dienone is 11. The lowest BCUT2D eigenvalue weighted by Gasteiger charge is -2.13. The SMILES string of the molecule is CC(OCCF)C1=CC2=NC1=CC1=NC(=CC3=NC(=CC4=NC(=C2)C=C4)C=C3)C=C1. The Bertz CT molecular complexity index is 1180. The summed E-state index contributed by atoms with van der Waals surface area (Å²) in [5.41, 5.74) is 7.40. The molecule has 0 radical (unpaired) electrons. The summed E-state index contributed by atoms with van der Waals surface area (Å²) in [5.74, 6) is 0. The lowest BCUT2D eigenvalue weighted by Crippen LogP contribution is -2.14. The normalized spacial score (nSPS) is 22.0. The maximum Gasteiger partial charge on any atom is 0.113 e. The molecule has 5 aliphatic heterocycles. The minimum Gasteiger partial charge on any atom is -0.371 e. The van der Waals surface area contributed by atoms with Crippen LogP contribution in [0.4, 0.5) is 4.39 Å². The minimum atomic E-state index is -0.520. The van der Waals surface area contributed by atoms with E-state index in [-0.39, 0.29) is 12.7 Å². The Morgan fingerprint density at radius 2 is 1.23 bits per heavy atom. The summed E-state index contributed by atoms with van der Waals surface area (Å²) in [4.78, 5) is 18.7. The molecule has 6 heteroatoms. The van der Waals surface area contributed by atoms with E-state index in [4.69, 9.17) is 9.73 Å². The van der Waals surface area contributed by atoms with Crippen molar-refractivity contribution >= 4 is 22.8 Å². The van der Waals surface area contributed by atoms with Crippen LogP contribution >= 0.6 is 0 Å². The van der Waals surface area contributed by atoms with E-state index in [1.165, 1.54) is 0 Å². The van der Waals surface area contributed by atoms with Gasteiger partial charge in [0, 0.05) is 5.57 Å². The molecule has 0 saturated heterocycles. The molecule has 30 heavy (non-hydrogen) atoms. The molecule has 0 spiro atoms. The quantitative estimate of drug-likeness (QED) is 0.696. The fraction of sp³-hybridized carbons (Fsp3) is 0.167. The first-order chi connectivity index (χ1) is 14.7. The number of aliphatic imine (C=N–C) groups is 4. The van der Waals surface area contributed by atoms with Gasteiger partial charge in [-0.2, -0.15) is 0 Å². The zero-order valence-corrected chi connectivity index (χ0v) is 16.4. The van der Waals surface area contributed by atoms with Gasteiger partial charge in [0.1, 0.15) is 6.67 Å². The first-order valence-corrected chi connectivity index (χ1v) is 9.82. The van der Waals surface area contributed by atoms with Crippen molar-refractivity contribution in [3.05, 3.63) is 95.2 Å². The predicted molar refractivity (Wildman–Crippen MR) is 119 cm³/mol. The zero-order valence-electron chi connectivity index (χ0n) is 16.4. The van der Waals surface area contributed by atoms with Crippen LogP contribution in [-0.2, 0) is 4.74 Å². The Morgan fingerprint density at radius 3 is 1.80 bits per heavy atom. The van der Waals surface area contributed by atoms with Crippen molar-refractivity contribution in [2.75, 3.05) is 13.3 Å². The van der Waals surface area contributed by atoms with Gasteiger partial charge in [-0.3, -0.25) is 0 Å². The largest absolute Gasteiger partial charge is 0.371 e. The molecule has 0 N–H and O–H groups in total. The molecule has 1 unspecified atom stereocenters. The summed E-state index contributed by atoms with van der Waals surface area (Å²) in [5, 5.41) is 0. The highest BCUT2D eigenvalue weighted by molar-refractivity contribution is 6.15. The van der Waals surface area contributed by atoms with Crippen molar-refractivity contribution in [1.29, 1.82) is 0 Å². The van der Waals surface area contributed by atoms with E-state index < -0.39 is 6.67 Å². The van der Waals surface area contributed by atoms with E-state index in [2.05, 4.69) is 15.0 Å². The topological polar surface area (TPSA) is 58.7 Å². The van der Waals surface area contributed by atoms with Crippen LogP contribution < -0.4 is 0 Å². The number of hydrogen-bond donors (Lipinski definition) is 0. The third-order valence-electron chi connectivity index (χ3n) is 4.95. The average molecular weight is 398 g/mol. The fourth-order valence-electron chi connectivity index (χ4n) is 3.56. The van der Waals surface area contributed by atoms with Crippen LogP contribution in [0.3, 0.4) is 0 Å². The summed E-state index contributed by atoms with van der Waals surface area (Å²) < 4.78 is 18.2. The van der Waals surface area contributed by atoms with Crippen LogP contribution in [0.1, 0.15) is 6.92 Å². The van der Waals surface area contributed by atoms with E-state index in [1.54, 1.807) is 0 Å². The number of fused-ring (bicyclic) bond motifs is 4. The number of nitrogens with zero attached hydrogens (tertiary/aromatic N) is 4. The summed E-state index contributed by atoms with van der Waals surface area (Å²) in [6.45, 7) is 1.44. The fourth-order valence-corrected chi connectivity index (χ4v) is 3.56. The Morgan fingerprint density at radius 1 is 0.700 bits per heavy atom. The highest BCUT2D eigenvalue weighted by Gasteiger charge is 2.21. The van der Waals surface area contributed by atoms with Gasteiger partial charge in [-0.05, 0) is 73.8 Å². The lowest BCUT2D eigenvalue weighted by molar-refractivity contribution is 0.0798. The predicted octanol–water partition coefficient (Wildman–Crippen LogP) is 4.32. The molecule has 0 aromatic heterocycles. The maximum absolute atomic E-state index is 12.6. The van der Waals surface area contributed by atoms with Crippen molar-refractivity contribution < 1.29 is 9.13 Å². The number of halogens is 1. The summed E-state index contributed by atoms with van der Waals surface area (Å²) in [7, 11) is 0. The zero-order chi connectivity index (χ0) is 20.5. The van der Waals surface area contributed by atoms with Crippen molar-refractivity contribution in [2.24, 2.45) is 20.0 Å². The van der Waals surface area contributed by atoms with Gasteiger partial charge in [-0.15, -0.1) is 0 Å². The summed E-state index contributed by atoms with van der Waals surface area (Å²) in [6.07, 6.45) is 21.1. The maximum atomic E-state index is 12.6. The van der Waals surface area contributed by atoms with Crippen LogP contribution in [0.2, 0.25) is 0 Å². The smallest absolute Gasteiger partial charge is 0.113 e. The first kappa shape index (κ1) is 18.5. The number of rotatable bonds is 4. The van der Waals surface area contributed by atoms with Gasteiger partial charge in [0.05, 0.1) is 58.3 Å². The second-order valence-corrected chi connectivity index (χ2v) is 7.19. The molecule has 0 fully saturated rings. The van der Waals surface area contributed by atoms with Gasteiger partial charge < -0.3 is 4.74 Å². The van der Waals surface area contributed by atoms with E-state index in [1.807, 2.05) is 73.8 Å². The molecule has 0 saturated carbocycles. The highest BCUT2D eigenvalue weighted by atomic mass is 19.1. The van der Waals surface area contributed by atoms with Crippen LogP contribution in [0.5, 0.6) is 0 Å². The van der Waals surface area contributed by atoms with E-state index in [0.717, 1.165) is 51.2 Å². The standard InChI is InChI=1S/C24H19FN4O/c1-15(30-9-8-25)23-13-22-12-20-5-4-18(27-20)10-16-2-3-17(26-16)11-19-6-7-21(28-19)14-24(23)29-22/h2-7,10-15H,8-9H2,1H3. The van der Waals surface area contributed by atoms with Gasteiger partial charge >= 0.3 is 0 Å². The Balaban J connectivity index is 1.59. The monoisotopic (exact) mass is 398 g/mol. The molecular formula is C24H19FN4O. The van der Waals surface area contributed by atoms with Crippen LogP contribution in [0.15, 0.2) is 115 Å². The molecule has 5 rings (SSSR count). The van der Waals surface area contributed by atoms with Gasteiger partial charge in [0.2, 0.25) is 0 Å². The molecular weight excluding hydrogens is 379 g/mol. The van der Waals surface area contributed by atoms with E-state index in [0.29, 0.717) is 0 Å². The molecule has 0 aromatic rings. The summed E-state index contributed by atoms with van der Waals surface area (Å²) >= 11 is 0. The van der Waals surface area contributed by atoms with Gasteiger partial charge in [-0.1, -0.05) is 0 Å². The third-order valence-corrected chi connectivity index (χ3v) is 4.95. The van der Waals surface area contributed by atoms with E-state index >= 15 is 0 Å². The minimum absolute atomic E-state index is 0.0522. The van der Waals surface area contributed by atoms with Crippen LogP contribution in [0, 0.1) is 0 Å². The molecule has 5 nitrogen and oxygen atoms in total. The Labute approximate surface area is 173 Å². The molecule has 148 valence electrons. The molecule has 0 amide bonds. The number of alkyl halides is 1. The molecule has 5 heterocycles. The Hall–Kier alpha value is -3.51. The van der Waals surface area contributed by atoms with E-state index in [9.17, 15) is 4.39 Å². The van der Waals surface area contributed by atoms with Crippen molar-refractivity contribution in [3.63, 3.8) is 0 Å². The third kappa shape index (κ3) is 3.82. The molecule has 5 aliphatic rings. The molecule has 0 aromatic carbocycles. The molecule has 8 bridgehead atoms. The van der Waals surface area contributed by atoms with Crippen LogP contribution in [0.25, 0.3) is 0 Å². The van der Waals surface area contributed by atoms with Crippen LogP contribution in [-0.4, -0.2) is 42.2 Å². The average Bonchev–Trinajstić information content (AvgIpc) is 3.51. The Kier molecular flexibility index (Phi) is 4.77. The van der Waals surface area contributed by atoms with Crippen molar-refractivity contribution in [3.8, 4) is 0 Å². The van der Waals surface area contributed by atoms with Gasteiger partial charge in [-0.25, -0.2) is 24.4 Å². The van der Waals surface area contributed by atoms with Gasteiger partial charge in [0.25, 0.3) is 0 Å². The summed E-state index contributed by atoms with van der Waals surface area (Å²) in [6, 6.07) is 0. The molecule has 1 atom stereocenters. The number of ether oxygens (including phenoxy) is 1.